The second-order valence-corrected chi connectivity index (χ2v) is 8.65. The summed E-state index contributed by atoms with van der Waals surface area (Å²) >= 11 is 0. The quantitative estimate of drug-likeness (QED) is 0.659. The topological polar surface area (TPSA) is 76.0 Å². The van der Waals surface area contributed by atoms with Gasteiger partial charge in [0.2, 0.25) is 0 Å². The normalized spacial score (nSPS) is 18.7. The molecule has 0 aliphatic carbocycles. The molecule has 0 saturated carbocycles. The van der Waals surface area contributed by atoms with Crippen LogP contribution in [-0.4, -0.2) is 21.6 Å². The largest absolute Gasteiger partial charge is 0.508 e. The van der Waals surface area contributed by atoms with Gasteiger partial charge in [0.05, 0.1) is 12.0 Å². The molecule has 0 aromatic heterocycles. The van der Waals surface area contributed by atoms with Crippen LogP contribution in [0.1, 0.15) is 67.3 Å². The zero-order chi connectivity index (χ0) is 21.6. The van der Waals surface area contributed by atoms with Crippen molar-refractivity contribution in [3.8, 4) is 23.0 Å². The van der Waals surface area contributed by atoms with Crippen LogP contribution in [0.2, 0.25) is 0 Å². The standard InChI is InChI=1S/C25H26O5/c1-14(2)5-7-18-23-15(9-10-25(3,4)30-23)11-19-21(28)13-22(29-24(18)19)17-8-6-16(26)12-20(17)27/h5-6,8-12,22,26-27H,7,13H2,1-4H3/t22-/m0/s1. The molecule has 5 heteroatoms. The van der Waals surface area contributed by atoms with Crippen LogP contribution in [0.3, 0.4) is 0 Å². The lowest BCUT2D eigenvalue weighted by Crippen LogP contribution is -2.29. The number of carbonyl (C=O) groups is 1. The maximum absolute atomic E-state index is 13.1. The third-order valence-corrected chi connectivity index (χ3v) is 5.39. The minimum Gasteiger partial charge on any atom is -0.508 e. The number of rotatable bonds is 3. The number of Topliss-reactive ketones (excluding diaryl/α,β-unsaturated/α-hetero) is 1. The summed E-state index contributed by atoms with van der Waals surface area (Å²) in [6.07, 6.45) is 6.11. The van der Waals surface area contributed by atoms with Crippen LogP contribution < -0.4 is 9.47 Å². The van der Waals surface area contributed by atoms with Crippen molar-refractivity contribution in [1.29, 1.82) is 0 Å². The molecule has 0 unspecified atom stereocenters. The van der Waals surface area contributed by atoms with Crippen molar-refractivity contribution in [2.45, 2.75) is 52.2 Å². The van der Waals surface area contributed by atoms with Crippen molar-refractivity contribution in [2.75, 3.05) is 0 Å². The number of fused-ring (bicyclic) bond motifs is 2. The number of phenolic OH excluding ortho intramolecular Hbond substituents is 2. The van der Waals surface area contributed by atoms with Crippen LogP contribution >= 0.6 is 0 Å². The molecule has 0 spiro atoms. The molecule has 156 valence electrons. The number of carbonyl (C=O) groups excluding carboxylic acids is 1. The fourth-order valence-corrected chi connectivity index (χ4v) is 3.83. The molecule has 0 radical (unpaired) electrons. The molecule has 2 aliphatic heterocycles. The maximum atomic E-state index is 13.1. The number of benzene rings is 2. The number of ether oxygens (including phenoxy) is 2. The number of ketones is 1. The Morgan fingerprint density at radius 1 is 1.20 bits per heavy atom. The Morgan fingerprint density at radius 3 is 2.67 bits per heavy atom. The fraction of sp³-hybridized carbons (Fsp3) is 0.320. The summed E-state index contributed by atoms with van der Waals surface area (Å²) in [7, 11) is 0. The second kappa shape index (κ2) is 7.24. The van der Waals surface area contributed by atoms with Crippen molar-refractivity contribution in [1.82, 2.24) is 0 Å². The van der Waals surface area contributed by atoms with Gasteiger partial charge in [0, 0.05) is 22.8 Å². The Bertz CT molecular complexity index is 1090. The summed E-state index contributed by atoms with van der Waals surface area (Å²) in [5.41, 5.74) is 3.40. The number of aromatic hydroxyl groups is 2. The molecular weight excluding hydrogens is 380 g/mol. The number of phenols is 2. The van der Waals surface area contributed by atoms with E-state index in [1.807, 2.05) is 45.9 Å². The molecule has 2 aromatic rings. The van der Waals surface area contributed by atoms with Crippen LogP contribution in [0.4, 0.5) is 0 Å². The zero-order valence-electron chi connectivity index (χ0n) is 17.7. The molecule has 2 aromatic carbocycles. The van der Waals surface area contributed by atoms with Crippen molar-refractivity contribution >= 4 is 11.9 Å². The van der Waals surface area contributed by atoms with Crippen molar-refractivity contribution in [3.63, 3.8) is 0 Å². The predicted octanol–water partition coefficient (Wildman–Crippen LogP) is 5.50. The van der Waals surface area contributed by atoms with Crippen molar-refractivity contribution in [3.05, 3.63) is 64.2 Å². The van der Waals surface area contributed by atoms with Crippen LogP contribution in [0.25, 0.3) is 6.08 Å². The van der Waals surface area contributed by atoms with E-state index >= 15 is 0 Å². The average molecular weight is 406 g/mol. The van der Waals surface area contributed by atoms with Gasteiger partial charge in [0.15, 0.2) is 5.78 Å². The highest BCUT2D eigenvalue weighted by Crippen LogP contribution is 2.47. The third kappa shape index (κ3) is 3.67. The van der Waals surface area contributed by atoms with E-state index in [1.54, 1.807) is 6.07 Å². The Kier molecular flexibility index (Phi) is 4.85. The Morgan fingerprint density at radius 2 is 1.97 bits per heavy atom. The van der Waals surface area contributed by atoms with Gasteiger partial charge in [-0.3, -0.25) is 4.79 Å². The van der Waals surface area contributed by atoms with Gasteiger partial charge in [-0.1, -0.05) is 17.7 Å². The van der Waals surface area contributed by atoms with E-state index in [-0.39, 0.29) is 23.7 Å². The van der Waals surface area contributed by atoms with Gasteiger partial charge in [-0.05, 0) is 58.4 Å². The highest BCUT2D eigenvalue weighted by Gasteiger charge is 2.35. The van der Waals surface area contributed by atoms with Gasteiger partial charge in [0.1, 0.15) is 34.7 Å². The highest BCUT2D eigenvalue weighted by atomic mass is 16.5. The summed E-state index contributed by atoms with van der Waals surface area (Å²) in [5, 5.41) is 19.9. The van der Waals surface area contributed by atoms with E-state index in [0.29, 0.717) is 23.3 Å². The monoisotopic (exact) mass is 406 g/mol. The van der Waals surface area contributed by atoms with Crippen molar-refractivity contribution < 1.29 is 24.5 Å². The van der Waals surface area contributed by atoms with Gasteiger partial charge in [-0.15, -0.1) is 0 Å². The Hall–Kier alpha value is -3.21. The zero-order valence-corrected chi connectivity index (χ0v) is 17.7. The molecule has 0 saturated heterocycles. The molecule has 5 nitrogen and oxygen atoms in total. The van der Waals surface area contributed by atoms with Gasteiger partial charge in [-0.25, -0.2) is 0 Å². The van der Waals surface area contributed by atoms with Gasteiger partial charge in [-0.2, -0.15) is 0 Å². The van der Waals surface area contributed by atoms with Crippen LogP contribution in [0.5, 0.6) is 23.0 Å². The molecule has 2 N–H and O–H groups in total. The molecule has 0 amide bonds. The maximum Gasteiger partial charge on any atom is 0.170 e. The minimum atomic E-state index is -0.638. The molecule has 1 atom stereocenters. The first-order valence-electron chi connectivity index (χ1n) is 10.1. The van der Waals surface area contributed by atoms with E-state index in [2.05, 4.69) is 6.08 Å². The fourth-order valence-electron chi connectivity index (χ4n) is 3.83. The summed E-state index contributed by atoms with van der Waals surface area (Å²) in [5.74, 6) is 1.04. The molecule has 2 aliphatic rings. The molecule has 0 bridgehead atoms. The lowest BCUT2D eigenvalue weighted by atomic mass is 9.89. The lowest BCUT2D eigenvalue weighted by molar-refractivity contribution is 0.0842. The van der Waals surface area contributed by atoms with E-state index in [9.17, 15) is 15.0 Å². The SMILES string of the molecule is CC(C)=CCc1c2c(cc3c1O[C@H](c1ccc(O)cc1O)CC3=O)C=CC(C)(C)O2. The van der Waals surface area contributed by atoms with Crippen LogP contribution in [0, 0.1) is 0 Å². The van der Waals surface area contributed by atoms with E-state index in [0.717, 1.165) is 22.4 Å². The third-order valence-electron chi connectivity index (χ3n) is 5.39. The van der Waals surface area contributed by atoms with E-state index in [1.165, 1.54) is 12.1 Å². The number of hydrogen-bond acceptors (Lipinski definition) is 5. The summed E-state index contributed by atoms with van der Waals surface area (Å²) in [4.78, 5) is 13.1. The average Bonchev–Trinajstić information content (AvgIpc) is 2.65. The van der Waals surface area contributed by atoms with Crippen LogP contribution in [0.15, 0.2) is 42.0 Å². The summed E-state index contributed by atoms with van der Waals surface area (Å²) in [6.45, 7) is 8.02. The smallest absolute Gasteiger partial charge is 0.170 e. The minimum absolute atomic E-state index is 0.0421. The molecule has 2 heterocycles. The van der Waals surface area contributed by atoms with Gasteiger partial charge >= 0.3 is 0 Å². The highest BCUT2D eigenvalue weighted by molar-refractivity contribution is 6.02. The molecule has 30 heavy (non-hydrogen) atoms. The molecular formula is C25H26O5. The van der Waals surface area contributed by atoms with Gasteiger partial charge in [0.25, 0.3) is 0 Å². The molecule has 0 fully saturated rings. The van der Waals surface area contributed by atoms with Gasteiger partial charge < -0.3 is 19.7 Å². The Labute approximate surface area is 176 Å². The molecule has 4 rings (SSSR count). The lowest BCUT2D eigenvalue weighted by Gasteiger charge is -2.33. The number of allylic oxidation sites excluding steroid dienone is 2. The van der Waals surface area contributed by atoms with Crippen LogP contribution in [-0.2, 0) is 6.42 Å². The Balaban J connectivity index is 1.86. The first-order valence-corrected chi connectivity index (χ1v) is 10.1. The van der Waals surface area contributed by atoms with E-state index < -0.39 is 11.7 Å². The second-order valence-electron chi connectivity index (χ2n) is 8.65. The summed E-state index contributed by atoms with van der Waals surface area (Å²) < 4.78 is 12.6. The first-order chi connectivity index (χ1) is 14.1. The van der Waals surface area contributed by atoms with Crippen molar-refractivity contribution in [2.24, 2.45) is 0 Å². The summed E-state index contributed by atoms with van der Waals surface area (Å²) in [6, 6.07) is 6.15. The van der Waals surface area contributed by atoms with E-state index in [4.69, 9.17) is 9.47 Å². The predicted molar refractivity (Wildman–Crippen MR) is 115 cm³/mol. The first kappa shape index (κ1) is 20.1. The number of hydrogen-bond donors (Lipinski definition) is 2.